The lowest BCUT2D eigenvalue weighted by atomic mass is 10.5. The molecule has 6 heteroatoms. The highest BCUT2D eigenvalue weighted by Gasteiger charge is 2.31. The molecular weight excluding hydrogens is 190 g/mol. The zero-order valence-corrected chi connectivity index (χ0v) is 7.11. The maximum Gasteiger partial charge on any atom is 0.275 e. The molecule has 11 heavy (non-hydrogen) atoms. The summed E-state index contributed by atoms with van der Waals surface area (Å²) in [6.07, 6.45) is 1.06. The van der Waals surface area contributed by atoms with Gasteiger partial charge in [0.1, 0.15) is 5.70 Å². The molecule has 0 aromatic carbocycles. The second-order valence-corrected chi connectivity index (χ2v) is 4.48. The number of allylic oxidation sites excluding steroid dienone is 1. The van der Waals surface area contributed by atoms with Crippen LogP contribution < -0.4 is 0 Å². The number of likely N-dealkylation sites (N-methyl/N-ethyl adjacent to an activating group) is 1. The lowest BCUT2D eigenvalue weighted by Crippen LogP contribution is -2.19. The maximum atomic E-state index is 11.0. The van der Waals surface area contributed by atoms with Crippen molar-refractivity contribution in [1.29, 1.82) is 0 Å². The van der Waals surface area contributed by atoms with E-state index in [1.165, 1.54) is 13.0 Å². The van der Waals surface area contributed by atoms with Crippen LogP contribution in [-0.4, -0.2) is 25.7 Å². The first kappa shape index (κ1) is 8.33. The smallest absolute Gasteiger partial charge is 0.258 e. The monoisotopic (exact) mass is 193 g/mol. The first-order valence-corrected chi connectivity index (χ1v) is 4.43. The number of carbonyl (C=O) groups excluding carboxylic acids is 1. The Balaban J connectivity index is 3.36. The standard InChI is InChI=1S/C5H4ClNO3S/c1-7-4(3-8)2-5(6)11(7,9)10/h2H,1H3. The van der Waals surface area contributed by atoms with Gasteiger partial charge >= 0.3 is 0 Å². The lowest BCUT2D eigenvalue weighted by molar-refractivity contribution is 0.535. The number of halogens is 1. The molecule has 1 heterocycles. The molecule has 60 valence electrons. The van der Waals surface area contributed by atoms with Gasteiger partial charge in [0, 0.05) is 13.1 Å². The van der Waals surface area contributed by atoms with Crippen molar-refractivity contribution >= 4 is 27.6 Å². The van der Waals surface area contributed by atoms with Crippen LogP contribution in [0.5, 0.6) is 0 Å². The molecule has 0 aliphatic carbocycles. The van der Waals surface area contributed by atoms with Crippen molar-refractivity contribution in [3.8, 4) is 0 Å². The Morgan fingerprint density at radius 1 is 1.64 bits per heavy atom. The van der Waals surface area contributed by atoms with Gasteiger partial charge in [-0.3, -0.25) is 4.31 Å². The van der Waals surface area contributed by atoms with Gasteiger partial charge in [-0.2, -0.15) is 0 Å². The summed E-state index contributed by atoms with van der Waals surface area (Å²) in [6.45, 7) is 0. The SMILES string of the molecule is CN1C(=C=O)C=C(Cl)S1(=O)=O. The Hall–Kier alpha value is -0.770. The molecule has 0 radical (unpaired) electrons. The van der Waals surface area contributed by atoms with Crippen LogP contribution in [0.3, 0.4) is 0 Å². The number of sulfonamides is 1. The van der Waals surface area contributed by atoms with E-state index in [0.29, 0.717) is 0 Å². The van der Waals surface area contributed by atoms with Crippen molar-refractivity contribution in [2.24, 2.45) is 0 Å². The van der Waals surface area contributed by atoms with Crippen LogP contribution in [0.1, 0.15) is 0 Å². The van der Waals surface area contributed by atoms with Crippen LogP contribution >= 0.6 is 11.6 Å². The largest absolute Gasteiger partial charge is 0.275 e. The van der Waals surface area contributed by atoms with Gasteiger partial charge < -0.3 is 0 Å². The number of hydrogen-bond acceptors (Lipinski definition) is 3. The van der Waals surface area contributed by atoms with Crippen LogP contribution in [0, 0.1) is 0 Å². The summed E-state index contributed by atoms with van der Waals surface area (Å²) < 4.78 is 22.4. The average molecular weight is 194 g/mol. The van der Waals surface area contributed by atoms with Crippen molar-refractivity contribution < 1.29 is 13.2 Å². The van der Waals surface area contributed by atoms with Gasteiger partial charge in [-0.25, -0.2) is 13.2 Å². The molecule has 0 fully saturated rings. The Morgan fingerprint density at radius 2 is 2.18 bits per heavy atom. The molecular formula is C5H4ClNO3S. The fourth-order valence-electron chi connectivity index (χ4n) is 0.627. The third-order valence-electron chi connectivity index (χ3n) is 1.30. The van der Waals surface area contributed by atoms with Gasteiger partial charge in [0.05, 0.1) is 0 Å². The molecule has 0 unspecified atom stereocenters. The van der Waals surface area contributed by atoms with E-state index in [1.54, 1.807) is 0 Å². The van der Waals surface area contributed by atoms with Gasteiger partial charge in [-0.05, 0) is 0 Å². The molecule has 0 aromatic rings. The van der Waals surface area contributed by atoms with Crippen molar-refractivity contribution in [3.63, 3.8) is 0 Å². The third kappa shape index (κ3) is 1.07. The summed E-state index contributed by atoms with van der Waals surface area (Å²) in [7, 11) is -2.37. The Kier molecular flexibility index (Phi) is 1.80. The second-order valence-electron chi connectivity index (χ2n) is 1.91. The van der Waals surface area contributed by atoms with Gasteiger partial charge in [-0.1, -0.05) is 11.6 Å². The van der Waals surface area contributed by atoms with E-state index in [-0.39, 0.29) is 10.1 Å². The van der Waals surface area contributed by atoms with Crippen LogP contribution in [-0.2, 0) is 14.8 Å². The van der Waals surface area contributed by atoms with E-state index in [4.69, 9.17) is 11.6 Å². The zero-order chi connectivity index (χ0) is 8.65. The highest BCUT2D eigenvalue weighted by Crippen LogP contribution is 2.27. The molecule has 1 rings (SSSR count). The van der Waals surface area contributed by atoms with Crippen LogP contribution in [0.25, 0.3) is 0 Å². The summed E-state index contributed by atoms with van der Waals surface area (Å²) in [6, 6.07) is 0. The summed E-state index contributed by atoms with van der Waals surface area (Å²) in [5.74, 6) is 1.45. The fourth-order valence-corrected chi connectivity index (χ4v) is 1.91. The molecule has 0 amide bonds. The quantitative estimate of drug-likeness (QED) is 0.511. The molecule has 1 aliphatic rings. The van der Waals surface area contributed by atoms with E-state index >= 15 is 0 Å². The van der Waals surface area contributed by atoms with E-state index in [9.17, 15) is 13.2 Å². The minimum absolute atomic E-state index is 0.0741. The predicted octanol–water partition coefficient (Wildman–Crippen LogP) is 0.0573. The summed E-state index contributed by atoms with van der Waals surface area (Å²) in [5, 5.41) is 0. The van der Waals surface area contributed by atoms with Gasteiger partial charge in [-0.15, -0.1) is 0 Å². The molecule has 0 spiro atoms. The summed E-state index contributed by atoms with van der Waals surface area (Å²) >= 11 is 5.30. The van der Waals surface area contributed by atoms with Crippen molar-refractivity contribution in [3.05, 3.63) is 16.1 Å². The van der Waals surface area contributed by atoms with Gasteiger partial charge in [0.25, 0.3) is 10.0 Å². The van der Waals surface area contributed by atoms with E-state index < -0.39 is 10.0 Å². The van der Waals surface area contributed by atoms with Crippen LogP contribution in [0.4, 0.5) is 0 Å². The van der Waals surface area contributed by atoms with Crippen LogP contribution in [0.2, 0.25) is 0 Å². The minimum atomic E-state index is -3.60. The van der Waals surface area contributed by atoms with Gasteiger partial charge in [0.15, 0.2) is 10.3 Å². The second kappa shape index (κ2) is 2.37. The van der Waals surface area contributed by atoms with E-state index in [2.05, 4.69) is 0 Å². The zero-order valence-electron chi connectivity index (χ0n) is 5.54. The van der Waals surface area contributed by atoms with E-state index in [1.807, 2.05) is 0 Å². The maximum absolute atomic E-state index is 11.0. The number of nitrogens with zero attached hydrogens (tertiary/aromatic N) is 1. The fraction of sp³-hybridized carbons (Fsp3) is 0.200. The van der Waals surface area contributed by atoms with E-state index in [0.717, 1.165) is 10.4 Å². The van der Waals surface area contributed by atoms with Crippen molar-refractivity contribution in [1.82, 2.24) is 4.31 Å². The number of hydrogen-bond donors (Lipinski definition) is 0. The topological polar surface area (TPSA) is 54.5 Å². The average Bonchev–Trinajstić information content (AvgIpc) is 2.14. The molecule has 0 aromatic heterocycles. The molecule has 1 aliphatic heterocycles. The Morgan fingerprint density at radius 3 is 2.36 bits per heavy atom. The predicted molar refractivity (Wildman–Crippen MR) is 39.8 cm³/mol. The first-order chi connectivity index (χ1) is 5.00. The van der Waals surface area contributed by atoms with Crippen LogP contribution in [0.15, 0.2) is 16.1 Å². The highest BCUT2D eigenvalue weighted by atomic mass is 35.5. The highest BCUT2D eigenvalue weighted by molar-refractivity contribution is 7.95. The summed E-state index contributed by atoms with van der Waals surface area (Å²) in [5.41, 5.74) is -0.0741. The summed E-state index contributed by atoms with van der Waals surface area (Å²) in [4.78, 5) is 10.1. The number of rotatable bonds is 0. The molecule has 0 N–H and O–H groups in total. The molecule has 0 atom stereocenters. The van der Waals surface area contributed by atoms with Gasteiger partial charge in [0.2, 0.25) is 0 Å². The molecule has 0 bridgehead atoms. The Bertz CT molecular complexity index is 363. The Labute approximate surface area is 68.8 Å². The third-order valence-corrected chi connectivity index (χ3v) is 3.52. The lowest BCUT2D eigenvalue weighted by Gasteiger charge is -2.08. The first-order valence-electron chi connectivity index (χ1n) is 2.61. The minimum Gasteiger partial charge on any atom is -0.258 e. The van der Waals surface area contributed by atoms with Crippen molar-refractivity contribution in [2.45, 2.75) is 0 Å². The van der Waals surface area contributed by atoms with Crippen molar-refractivity contribution in [2.75, 3.05) is 7.05 Å². The molecule has 0 saturated heterocycles. The molecule has 4 nitrogen and oxygen atoms in total. The molecule has 0 saturated carbocycles. The normalized spacial score (nSPS) is 21.5.